The standard InChI is InChI=1S/C31H39NO8/c1-29-12-10-22(33)15-21(29)8-9-23-24-11-13-30(2,31(24,3)16-25(34)28(23)29)26(35)18-39-27(36)14-19-4-6-20(7-5-19)17-40-32(37)38/h4-7,10,12,15,23-25,28,34,37-38H,8-9,11,13-14,16-18H2,1-3H3/t23-,24-,25-,28+,29-,30+,31-/m0/s1. The van der Waals surface area contributed by atoms with E-state index in [1.54, 1.807) is 36.4 Å². The summed E-state index contributed by atoms with van der Waals surface area (Å²) in [6, 6.07) is 6.83. The Hall–Kier alpha value is -2.69. The topological polar surface area (TPSA) is 134 Å². The Bertz CT molecular complexity index is 1240. The molecule has 0 aromatic heterocycles. The molecule has 1 aromatic carbocycles. The first-order valence-corrected chi connectivity index (χ1v) is 14.1. The Morgan fingerprint density at radius 1 is 1.07 bits per heavy atom. The summed E-state index contributed by atoms with van der Waals surface area (Å²) in [7, 11) is 0. The van der Waals surface area contributed by atoms with E-state index in [-0.39, 0.29) is 59.8 Å². The summed E-state index contributed by atoms with van der Waals surface area (Å²) in [5.41, 5.74) is 1.01. The molecule has 0 bridgehead atoms. The van der Waals surface area contributed by atoms with Crippen molar-refractivity contribution in [2.24, 2.45) is 34.0 Å². The predicted molar refractivity (Wildman–Crippen MR) is 142 cm³/mol. The van der Waals surface area contributed by atoms with E-state index < -0.39 is 22.9 Å². The van der Waals surface area contributed by atoms with E-state index in [0.717, 1.165) is 24.8 Å². The molecule has 0 radical (unpaired) electrons. The molecule has 9 heteroatoms. The number of carbonyl (C=O) groups excluding carboxylic acids is 3. The molecule has 7 atom stereocenters. The third-order valence-electron chi connectivity index (χ3n) is 10.8. The van der Waals surface area contributed by atoms with Gasteiger partial charge in [0.1, 0.15) is 0 Å². The normalized spacial score (nSPS) is 36.5. The highest BCUT2D eigenvalue weighted by Gasteiger charge is 2.66. The molecule has 9 nitrogen and oxygen atoms in total. The van der Waals surface area contributed by atoms with E-state index in [0.29, 0.717) is 24.0 Å². The molecule has 0 aliphatic heterocycles. The van der Waals surface area contributed by atoms with E-state index in [1.165, 1.54) is 0 Å². The van der Waals surface area contributed by atoms with Crippen LogP contribution in [0, 0.1) is 34.0 Å². The molecule has 0 heterocycles. The maximum atomic E-state index is 13.7. The number of carbonyl (C=O) groups is 3. The van der Waals surface area contributed by atoms with Crippen LogP contribution in [0.15, 0.2) is 48.1 Å². The molecule has 3 N–H and O–H groups in total. The fraction of sp³-hybridized carbons (Fsp3) is 0.581. The average Bonchev–Trinajstić information content (AvgIpc) is 3.18. The summed E-state index contributed by atoms with van der Waals surface area (Å²) < 4.78 is 5.45. The van der Waals surface area contributed by atoms with Crippen molar-refractivity contribution in [3.8, 4) is 0 Å². The summed E-state index contributed by atoms with van der Waals surface area (Å²) in [6.45, 7) is 5.91. The SMILES string of the molecule is C[C@]12C=CC(=O)C=C1CC[C@@H]1[C@@H]2[C@@H](O)C[C@@]2(C)[C@H]1CC[C@]2(C)C(=O)COC(=O)Cc1ccc(CON(O)O)cc1. The number of allylic oxidation sites excluding steroid dienone is 4. The summed E-state index contributed by atoms with van der Waals surface area (Å²) in [6.07, 6.45) is 8.57. The van der Waals surface area contributed by atoms with Crippen molar-refractivity contribution in [1.29, 1.82) is 0 Å². The van der Waals surface area contributed by atoms with E-state index in [9.17, 15) is 19.5 Å². The van der Waals surface area contributed by atoms with Crippen LogP contribution in [-0.2, 0) is 37.0 Å². The van der Waals surface area contributed by atoms with E-state index in [1.807, 2.05) is 13.0 Å². The first-order chi connectivity index (χ1) is 18.9. The number of esters is 1. The zero-order valence-electron chi connectivity index (χ0n) is 23.3. The Morgan fingerprint density at radius 2 is 1.77 bits per heavy atom. The van der Waals surface area contributed by atoms with Crippen LogP contribution in [-0.4, -0.2) is 51.2 Å². The number of ether oxygens (including phenoxy) is 1. The van der Waals surface area contributed by atoms with Gasteiger partial charge in [0.05, 0.1) is 24.5 Å². The lowest BCUT2D eigenvalue weighted by Gasteiger charge is -2.60. The van der Waals surface area contributed by atoms with Crippen molar-refractivity contribution in [3.05, 3.63) is 59.2 Å². The molecule has 0 unspecified atom stereocenters. The van der Waals surface area contributed by atoms with Crippen LogP contribution in [0.25, 0.3) is 0 Å². The van der Waals surface area contributed by atoms with Gasteiger partial charge in [-0.3, -0.25) is 24.8 Å². The van der Waals surface area contributed by atoms with Gasteiger partial charge in [-0.1, -0.05) is 56.7 Å². The van der Waals surface area contributed by atoms with Crippen molar-refractivity contribution in [2.75, 3.05) is 6.61 Å². The van der Waals surface area contributed by atoms with Gasteiger partial charge in [0, 0.05) is 16.7 Å². The van der Waals surface area contributed by atoms with Crippen molar-refractivity contribution < 1.29 is 39.5 Å². The van der Waals surface area contributed by atoms with Crippen LogP contribution in [0.1, 0.15) is 64.0 Å². The molecule has 0 saturated heterocycles. The fourth-order valence-corrected chi connectivity index (χ4v) is 8.44. The summed E-state index contributed by atoms with van der Waals surface area (Å²) in [5.74, 6) is -0.0714. The second kappa shape index (κ2) is 10.6. The highest BCUT2D eigenvalue weighted by atomic mass is 17.1. The highest BCUT2D eigenvalue weighted by molar-refractivity contribution is 6.01. The first-order valence-electron chi connectivity index (χ1n) is 14.1. The molecular formula is C31H39NO8. The Morgan fingerprint density at radius 3 is 2.48 bits per heavy atom. The molecule has 216 valence electrons. The third-order valence-corrected chi connectivity index (χ3v) is 10.8. The van der Waals surface area contributed by atoms with Crippen LogP contribution >= 0.6 is 0 Å². The minimum absolute atomic E-state index is 0.00404. The number of hydrogen-bond acceptors (Lipinski definition) is 9. The minimum Gasteiger partial charge on any atom is -0.457 e. The molecule has 3 saturated carbocycles. The van der Waals surface area contributed by atoms with Gasteiger partial charge in [-0.15, -0.1) is 0 Å². The minimum atomic E-state index is -0.714. The number of rotatable bonds is 8. The number of benzene rings is 1. The highest BCUT2D eigenvalue weighted by Crippen LogP contribution is 2.69. The fourth-order valence-electron chi connectivity index (χ4n) is 8.44. The van der Waals surface area contributed by atoms with Gasteiger partial charge in [-0.05, 0) is 72.6 Å². The maximum absolute atomic E-state index is 13.7. The number of Topliss-reactive ketones (excluding diaryl/α,β-unsaturated/α-hetero) is 1. The number of ketones is 2. The van der Waals surface area contributed by atoms with Gasteiger partial charge in [-0.25, -0.2) is 4.84 Å². The van der Waals surface area contributed by atoms with Crippen molar-refractivity contribution >= 4 is 17.5 Å². The quantitative estimate of drug-likeness (QED) is 0.321. The van der Waals surface area contributed by atoms with Crippen molar-refractivity contribution in [2.45, 2.75) is 72.0 Å². The van der Waals surface area contributed by atoms with Gasteiger partial charge in [0.25, 0.3) is 0 Å². The van der Waals surface area contributed by atoms with Crippen LogP contribution in [0.4, 0.5) is 0 Å². The molecule has 0 spiro atoms. The average molecular weight is 554 g/mol. The summed E-state index contributed by atoms with van der Waals surface area (Å²) >= 11 is 0. The Kier molecular flexibility index (Phi) is 7.65. The van der Waals surface area contributed by atoms with Crippen LogP contribution in [0.2, 0.25) is 0 Å². The van der Waals surface area contributed by atoms with Gasteiger partial charge in [0.15, 0.2) is 18.2 Å². The first kappa shape index (κ1) is 28.8. The molecule has 4 aliphatic rings. The van der Waals surface area contributed by atoms with E-state index in [2.05, 4.69) is 18.7 Å². The van der Waals surface area contributed by atoms with Crippen molar-refractivity contribution in [3.63, 3.8) is 0 Å². The lowest BCUT2D eigenvalue weighted by atomic mass is 9.45. The number of aliphatic hydroxyl groups is 1. The van der Waals surface area contributed by atoms with Crippen LogP contribution in [0.5, 0.6) is 0 Å². The smallest absolute Gasteiger partial charge is 0.310 e. The molecule has 1 aromatic rings. The lowest BCUT2D eigenvalue weighted by molar-refractivity contribution is -0.497. The Labute approximate surface area is 234 Å². The van der Waals surface area contributed by atoms with Crippen molar-refractivity contribution in [1.82, 2.24) is 5.39 Å². The maximum Gasteiger partial charge on any atom is 0.310 e. The number of nitrogens with zero attached hydrogens (tertiary/aromatic N) is 1. The second-order valence-corrected chi connectivity index (χ2v) is 12.7. The van der Waals surface area contributed by atoms with Gasteiger partial charge < -0.3 is 9.84 Å². The molecule has 3 fully saturated rings. The molecule has 4 aliphatic carbocycles. The lowest BCUT2D eigenvalue weighted by Crippen LogP contribution is -2.58. The van der Waals surface area contributed by atoms with E-state index >= 15 is 0 Å². The van der Waals surface area contributed by atoms with Gasteiger partial charge >= 0.3 is 5.97 Å². The summed E-state index contributed by atoms with van der Waals surface area (Å²) in [4.78, 5) is 42.9. The molecule has 40 heavy (non-hydrogen) atoms. The van der Waals surface area contributed by atoms with Gasteiger partial charge in [0.2, 0.25) is 0 Å². The third kappa shape index (κ3) is 4.88. The van der Waals surface area contributed by atoms with Crippen LogP contribution < -0.4 is 0 Å². The molecule has 5 rings (SSSR count). The van der Waals surface area contributed by atoms with Crippen LogP contribution in [0.3, 0.4) is 0 Å². The summed E-state index contributed by atoms with van der Waals surface area (Å²) in [5, 5.41) is 28.5. The monoisotopic (exact) mass is 553 g/mol. The van der Waals surface area contributed by atoms with E-state index in [4.69, 9.17) is 15.2 Å². The molecule has 0 amide bonds. The zero-order valence-corrected chi connectivity index (χ0v) is 23.3. The predicted octanol–water partition coefficient (Wildman–Crippen LogP) is 4.14. The largest absolute Gasteiger partial charge is 0.457 e. The molecular weight excluding hydrogens is 514 g/mol. The zero-order chi connectivity index (χ0) is 28.9. The Balaban J connectivity index is 1.23. The number of fused-ring (bicyclic) bond motifs is 5. The number of aliphatic hydroxyl groups excluding tert-OH is 1. The van der Waals surface area contributed by atoms with Gasteiger partial charge in [-0.2, -0.15) is 0 Å². The number of hydrogen-bond donors (Lipinski definition) is 3. The second-order valence-electron chi connectivity index (χ2n) is 12.7.